The number of thiol groups is 1. The van der Waals surface area contributed by atoms with Gasteiger partial charge in [-0.15, -0.1) is 0 Å². The molecule has 0 saturated heterocycles. The molecular formula is C17H27N6O6S3-. The van der Waals surface area contributed by atoms with Gasteiger partial charge in [0, 0.05) is 11.8 Å². The predicted molar refractivity (Wildman–Crippen MR) is 126 cm³/mol. The number of ether oxygens (including phenoxy) is 1. The van der Waals surface area contributed by atoms with Crippen LogP contribution in [0.5, 0.6) is 5.88 Å². The Morgan fingerprint density at radius 3 is 2.38 bits per heavy atom. The van der Waals surface area contributed by atoms with Crippen LogP contribution in [-0.2, 0) is 30.5 Å². The lowest BCUT2D eigenvalue weighted by Crippen LogP contribution is -2.30. The van der Waals surface area contributed by atoms with Gasteiger partial charge in [-0.1, -0.05) is 0 Å². The summed E-state index contributed by atoms with van der Waals surface area (Å²) in [6.45, 7) is 1.64. The molecule has 0 bridgehead atoms. The summed E-state index contributed by atoms with van der Waals surface area (Å²) in [5, 5.41) is 8.27. The summed E-state index contributed by atoms with van der Waals surface area (Å²) in [6, 6.07) is 6.59. The molecule has 0 saturated carbocycles. The van der Waals surface area contributed by atoms with E-state index in [4.69, 9.17) is 30.3 Å². The number of thioether (sulfide) groups is 1. The van der Waals surface area contributed by atoms with Crippen molar-refractivity contribution in [3.63, 3.8) is 0 Å². The second kappa shape index (κ2) is 15.2. The fraction of sp³-hybridized carbons (Fsp3) is 0.353. The fourth-order valence-electron chi connectivity index (χ4n) is 1.91. The highest BCUT2D eigenvalue weighted by Crippen LogP contribution is 2.18. The van der Waals surface area contributed by atoms with E-state index in [-0.39, 0.29) is 16.6 Å². The van der Waals surface area contributed by atoms with Crippen LogP contribution in [0.15, 0.2) is 35.2 Å². The quantitative estimate of drug-likeness (QED) is 0.195. The molecule has 0 radical (unpaired) electrons. The summed E-state index contributed by atoms with van der Waals surface area (Å²) in [5.41, 5.74) is 11.2. The summed E-state index contributed by atoms with van der Waals surface area (Å²) in [4.78, 5) is 18.2. The highest BCUT2D eigenvalue weighted by atomic mass is 32.2. The van der Waals surface area contributed by atoms with Crippen molar-refractivity contribution in [2.24, 2.45) is 5.73 Å². The lowest BCUT2D eigenvalue weighted by atomic mass is 10.2. The normalized spacial score (nSPS) is 11.1. The number of carboxylic acid groups (broad SMARTS) is 1. The smallest absolute Gasteiger partial charge is 0.320 e. The van der Waals surface area contributed by atoms with Gasteiger partial charge in [-0.3, -0.25) is 9.52 Å². The Kier molecular flexibility index (Phi) is 14.0. The molecular weight excluding hydrogens is 480 g/mol. The molecule has 0 amide bonds. The predicted octanol–water partition coefficient (Wildman–Crippen LogP) is 1.24. The molecule has 32 heavy (non-hydrogen) atoms. The minimum absolute atomic E-state index is 0.0990. The minimum Gasteiger partial charge on any atom is -0.481 e. The van der Waals surface area contributed by atoms with Crippen LogP contribution in [0.3, 0.4) is 0 Å². The molecule has 0 fully saturated rings. The number of aromatic nitrogens is 2. The lowest BCUT2D eigenvalue weighted by Gasteiger charge is -2.09. The van der Waals surface area contributed by atoms with E-state index >= 15 is 0 Å². The zero-order valence-electron chi connectivity index (χ0n) is 17.7. The van der Waals surface area contributed by atoms with Gasteiger partial charge in [0.05, 0.1) is 12.0 Å². The van der Waals surface area contributed by atoms with Crippen molar-refractivity contribution in [3.8, 4) is 5.88 Å². The van der Waals surface area contributed by atoms with Gasteiger partial charge in [0.25, 0.3) is 10.0 Å². The SMILES string of the molecule is COc1cc(NS(=O)(=O)c2ccc(N)cc2)nc(C)n1.CSCC[C@H](N)C(=O)O.N=[SH-]=O. The Morgan fingerprint density at radius 2 is 1.91 bits per heavy atom. The molecule has 180 valence electrons. The number of benzene rings is 1. The Labute approximate surface area is 194 Å². The van der Waals surface area contributed by atoms with E-state index in [2.05, 4.69) is 14.7 Å². The van der Waals surface area contributed by atoms with Crippen molar-refractivity contribution in [1.29, 1.82) is 4.78 Å². The Bertz CT molecular complexity index is 998. The van der Waals surface area contributed by atoms with Crippen molar-refractivity contribution in [1.82, 2.24) is 9.97 Å². The largest absolute Gasteiger partial charge is 0.481 e. The van der Waals surface area contributed by atoms with Crippen LogP contribution in [0.1, 0.15) is 12.2 Å². The van der Waals surface area contributed by atoms with Crippen LogP contribution in [0.25, 0.3) is 0 Å². The van der Waals surface area contributed by atoms with Gasteiger partial charge in [0.1, 0.15) is 17.7 Å². The number of nitrogen functional groups attached to an aromatic ring is 1. The first-order valence-electron chi connectivity index (χ1n) is 8.75. The number of anilines is 2. The van der Waals surface area contributed by atoms with Gasteiger partial charge < -0.3 is 30.3 Å². The number of nitrogens with one attached hydrogen (secondary N) is 2. The van der Waals surface area contributed by atoms with E-state index in [9.17, 15) is 13.2 Å². The number of carbonyl (C=O) groups is 1. The minimum atomic E-state index is -3.72. The molecule has 0 aliphatic rings. The first kappa shape index (κ1) is 29.4. The Hall–Kier alpha value is -2.62. The van der Waals surface area contributed by atoms with E-state index in [1.807, 2.05) is 6.26 Å². The van der Waals surface area contributed by atoms with E-state index in [1.165, 1.54) is 37.4 Å². The molecule has 0 aliphatic carbocycles. The molecule has 1 heterocycles. The number of methoxy groups -OCH3 is 1. The van der Waals surface area contributed by atoms with Crippen molar-refractivity contribution in [2.75, 3.05) is 29.6 Å². The number of aryl methyl sites for hydroxylation is 1. The number of nitrogens with zero attached hydrogens (tertiary/aromatic N) is 2. The number of hydrogen-bond donors (Lipinski definition) is 5. The topological polar surface area (TPSA) is 211 Å². The van der Waals surface area contributed by atoms with Gasteiger partial charge in [-0.05, 0) is 49.6 Å². The molecule has 0 spiro atoms. The molecule has 1 aromatic heterocycles. The fourth-order valence-corrected chi connectivity index (χ4v) is 3.39. The summed E-state index contributed by atoms with van der Waals surface area (Å²) >= 11 is 1.02. The average molecular weight is 508 g/mol. The summed E-state index contributed by atoms with van der Waals surface area (Å²) in [7, 11) is -2.28. The molecule has 0 aliphatic heterocycles. The van der Waals surface area contributed by atoms with E-state index < -0.39 is 33.5 Å². The average Bonchev–Trinajstić information content (AvgIpc) is 2.72. The molecule has 2 rings (SSSR count). The van der Waals surface area contributed by atoms with Gasteiger partial charge >= 0.3 is 5.97 Å². The highest BCUT2D eigenvalue weighted by Gasteiger charge is 2.15. The monoisotopic (exact) mass is 507 g/mol. The number of sulfonamides is 1. The van der Waals surface area contributed by atoms with Crippen molar-refractivity contribution in [2.45, 2.75) is 24.3 Å². The third-order valence-electron chi connectivity index (χ3n) is 3.40. The molecule has 12 nitrogen and oxygen atoms in total. The van der Waals surface area contributed by atoms with Crippen LogP contribution >= 0.6 is 11.8 Å². The van der Waals surface area contributed by atoms with Crippen molar-refractivity contribution < 1.29 is 27.3 Å². The van der Waals surface area contributed by atoms with Crippen molar-refractivity contribution in [3.05, 3.63) is 36.2 Å². The van der Waals surface area contributed by atoms with Gasteiger partial charge in [-0.25, -0.2) is 24.9 Å². The standard InChI is InChI=1S/C12H14N4O3S.C5H11NO2S.H2NOS/c1-8-14-11(7-12(15-8)19-2)16-20(17,18)10-5-3-9(13)4-6-10;1-9-3-2-4(6)5(7)8;1-3-2/h3-7H,13H2,1-2H3,(H,14,15,16);4H,2-3,6H2,1H3,(H,7,8);1,3H/q;;-1/t;4-;/m.0./s1. The number of aliphatic carboxylic acids is 1. The summed E-state index contributed by atoms with van der Waals surface area (Å²) < 4.78 is 45.9. The third-order valence-corrected chi connectivity index (χ3v) is 5.42. The maximum Gasteiger partial charge on any atom is 0.320 e. The highest BCUT2D eigenvalue weighted by molar-refractivity contribution is 7.98. The molecule has 7 N–H and O–H groups in total. The molecule has 15 heteroatoms. The molecule has 0 unspecified atom stereocenters. The van der Waals surface area contributed by atoms with E-state index in [0.717, 1.165) is 5.75 Å². The van der Waals surface area contributed by atoms with Gasteiger partial charge in [0.2, 0.25) is 5.88 Å². The number of rotatable bonds is 8. The maximum absolute atomic E-state index is 12.2. The van der Waals surface area contributed by atoms with E-state index in [0.29, 0.717) is 17.9 Å². The van der Waals surface area contributed by atoms with Gasteiger partial charge in [0.15, 0.2) is 0 Å². The summed E-state index contributed by atoms with van der Waals surface area (Å²) in [5.74, 6) is 0.732. The first-order chi connectivity index (χ1) is 15.0. The third kappa shape index (κ3) is 11.7. The first-order valence-corrected chi connectivity index (χ1v) is 12.4. The van der Waals surface area contributed by atoms with Crippen LogP contribution < -0.4 is 20.9 Å². The van der Waals surface area contributed by atoms with E-state index in [1.54, 1.807) is 18.7 Å². The Balaban J connectivity index is 0.000000672. The van der Waals surface area contributed by atoms with Crippen LogP contribution in [0.2, 0.25) is 0 Å². The van der Waals surface area contributed by atoms with Crippen LogP contribution in [-0.4, -0.2) is 54.6 Å². The molecule has 2 aromatic rings. The summed E-state index contributed by atoms with van der Waals surface area (Å²) in [6.07, 6.45) is 2.48. The lowest BCUT2D eigenvalue weighted by molar-refractivity contribution is -0.138. The second-order valence-corrected chi connectivity index (χ2v) is 8.69. The van der Waals surface area contributed by atoms with Crippen LogP contribution in [0.4, 0.5) is 11.5 Å². The zero-order chi connectivity index (χ0) is 24.7. The number of nitrogens with two attached hydrogens (primary N) is 2. The second-order valence-electron chi connectivity index (χ2n) is 5.83. The van der Waals surface area contributed by atoms with Crippen molar-refractivity contribution >= 4 is 50.7 Å². The zero-order valence-corrected chi connectivity index (χ0v) is 20.2. The van der Waals surface area contributed by atoms with Crippen LogP contribution in [0, 0.1) is 11.7 Å². The van der Waals surface area contributed by atoms with Gasteiger partial charge in [-0.2, -0.15) is 16.7 Å². The number of carboxylic acids is 1. The Morgan fingerprint density at radius 1 is 1.34 bits per heavy atom. The molecule has 1 atom stereocenters. The molecule has 1 aromatic carbocycles. The number of hydrogen-bond acceptors (Lipinski definition) is 12. The maximum atomic E-state index is 12.2.